The number of hydrogen-bond acceptors (Lipinski definition) is 8. The molecule has 49 heavy (non-hydrogen) atoms. The molecule has 2 aliphatic heterocycles. The quantitative estimate of drug-likeness (QED) is 0.100. The molecule has 0 aromatic carbocycles. The Labute approximate surface area is 303 Å². The van der Waals surface area contributed by atoms with Gasteiger partial charge < -0.3 is 16.5 Å². The van der Waals surface area contributed by atoms with Crippen LogP contribution < -0.4 is 0 Å². The highest BCUT2D eigenvalue weighted by Crippen LogP contribution is 2.47. The SMILES string of the molecule is C=C[Si](C)(C)O[Si](C)(C)CC[Si](C)(C)O[Si](C)(O[Si](C)(C)CCCC)O[Si](C)(C)CCCN1C(=O)C2CC3C(=O)N(C)C(=O)C3CC2C1=O. The minimum atomic E-state index is -3.08. The van der Waals surface area contributed by atoms with Crippen molar-refractivity contribution in [3.05, 3.63) is 12.3 Å². The Morgan fingerprint density at radius 2 is 0.980 bits per heavy atom. The van der Waals surface area contributed by atoms with Crippen LogP contribution in [0.1, 0.15) is 39.0 Å². The van der Waals surface area contributed by atoms with Crippen LogP contribution in [0.5, 0.6) is 0 Å². The van der Waals surface area contributed by atoms with Crippen LogP contribution in [0, 0.1) is 23.7 Å². The summed E-state index contributed by atoms with van der Waals surface area (Å²) in [5, 5.41) is 0. The molecule has 16 heteroatoms. The fraction of sp³-hybridized carbons (Fsp3) is 0.818. The first kappa shape index (κ1) is 42.6. The number of unbranched alkanes of at least 4 members (excludes halogenated alkanes) is 1. The molecule has 0 radical (unpaired) electrons. The highest BCUT2D eigenvalue weighted by atomic mass is 28.5. The summed E-state index contributed by atoms with van der Waals surface area (Å²) in [5.74, 6) is -2.84. The van der Waals surface area contributed by atoms with E-state index in [1.54, 1.807) is 0 Å². The molecule has 3 rings (SSSR count). The molecule has 3 aliphatic rings. The third-order valence-electron chi connectivity index (χ3n) is 10.5. The van der Waals surface area contributed by atoms with E-state index in [0.717, 1.165) is 37.0 Å². The van der Waals surface area contributed by atoms with E-state index in [0.29, 0.717) is 13.0 Å². The Bertz CT molecular complexity index is 1240. The summed E-state index contributed by atoms with van der Waals surface area (Å²) in [6.07, 6.45) is 3.43. The predicted molar refractivity (Wildman–Crippen MR) is 210 cm³/mol. The summed E-state index contributed by atoms with van der Waals surface area (Å²) in [5.41, 5.74) is 2.01. The van der Waals surface area contributed by atoms with Gasteiger partial charge in [-0.15, -0.1) is 6.58 Å². The van der Waals surface area contributed by atoms with Crippen LogP contribution in [0.2, 0.25) is 96.2 Å². The molecule has 3 fully saturated rings. The van der Waals surface area contributed by atoms with Gasteiger partial charge in [0, 0.05) is 20.1 Å². The van der Waals surface area contributed by atoms with E-state index < -0.39 is 74.1 Å². The first-order valence-electron chi connectivity index (χ1n) is 18.4. The summed E-state index contributed by atoms with van der Waals surface area (Å²) < 4.78 is 28.0. The van der Waals surface area contributed by atoms with Crippen LogP contribution in [-0.2, 0) is 35.6 Å². The molecule has 1 saturated carbocycles. The summed E-state index contributed by atoms with van der Waals surface area (Å²) in [6, 6.07) is 3.78. The topological polar surface area (TPSA) is 112 Å². The number of carbonyl (C=O) groups is 4. The van der Waals surface area contributed by atoms with Crippen molar-refractivity contribution in [3.8, 4) is 0 Å². The van der Waals surface area contributed by atoms with E-state index in [1.165, 1.54) is 16.8 Å². The Balaban J connectivity index is 1.68. The summed E-state index contributed by atoms with van der Waals surface area (Å²) in [7, 11) is -12.1. The standard InChI is InChI=1S/C33H66N2O8Si6/c1-15-17-20-45(6,7)41-49(14,43-48(12,13)23-22-47(10,11)40-44(4,5)16-2)42-46(8,9)21-18-19-35-32(38)28-24-26-27(25-29(28)33(35)39)31(37)34(3)30(26)36/h16,26-29H,2,15,17-25H2,1,3-14H3. The van der Waals surface area contributed by atoms with Gasteiger partial charge in [-0.05, 0) is 109 Å². The van der Waals surface area contributed by atoms with Crippen molar-refractivity contribution in [2.45, 2.75) is 135 Å². The second-order valence-corrected chi connectivity index (χ2v) is 42.5. The van der Waals surface area contributed by atoms with Crippen LogP contribution >= 0.6 is 0 Å². The molecule has 5 atom stereocenters. The van der Waals surface area contributed by atoms with Gasteiger partial charge in [-0.25, -0.2) is 0 Å². The Hall–Kier alpha value is -0.839. The number of rotatable bonds is 19. The average molecular weight is 787 g/mol. The van der Waals surface area contributed by atoms with Gasteiger partial charge in [0.15, 0.2) is 41.6 Å². The average Bonchev–Trinajstić information content (AvgIpc) is 3.31. The molecular formula is C33H66N2O8Si6. The van der Waals surface area contributed by atoms with Crippen molar-refractivity contribution in [1.29, 1.82) is 0 Å². The van der Waals surface area contributed by atoms with Crippen molar-refractivity contribution in [2.75, 3.05) is 13.6 Å². The highest BCUT2D eigenvalue weighted by molar-refractivity contribution is 6.91. The van der Waals surface area contributed by atoms with Gasteiger partial charge in [0.25, 0.3) is 0 Å². The van der Waals surface area contributed by atoms with E-state index in [1.807, 2.05) is 5.70 Å². The van der Waals surface area contributed by atoms with Gasteiger partial charge >= 0.3 is 8.80 Å². The Morgan fingerprint density at radius 3 is 1.39 bits per heavy atom. The smallest absolute Gasteiger partial charge is 0.453 e. The normalized spacial score (nSPS) is 25.2. The number of hydrogen-bond donors (Lipinski definition) is 0. The summed E-state index contributed by atoms with van der Waals surface area (Å²) in [6.45, 7) is 31.1. The van der Waals surface area contributed by atoms with Crippen molar-refractivity contribution < 1.29 is 35.6 Å². The van der Waals surface area contributed by atoms with E-state index in [4.69, 9.17) is 16.5 Å². The molecule has 0 bridgehead atoms. The monoisotopic (exact) mass is 786 g/mol. The number of likely N-dealkylation sites (tertiary alicyclic amines) is 2. The molecule has 0 aromatic rings. The summed E-state index contributed by atoms with van der Waals surface area (Å²) >= 11 is 0. The zero-order valence-corrected chi connectivity index (χ0v) is 38.8. The number of fused-ring (bicyclic) bond motifs is 2. The van der Waals surface area contributed by atoms with E-state index in [9.17, 15) is 19.2 Å². The lowest BCUT2D eigenvalue weighted by Crippen LogP contribution is -2.60. The number of carbonyl (C=O) groups excluding carboxylic acids is 4. The molecule has 1 aliphatic carbocycles. The van der Waals surface area contributed by atoms with Gasteiger partial charge in [0.05, 0.1) is 23.7 Å². The number of imide groups is 2. The van der Waals surface area contributed by atoms with Crippen molar-refractivity contribution in [2.24, 2.45) is 23.7 Å². The van der Waals surface area contributed by atoms with Crippen LogP contribution in [0.3, 0.4) is 0 Å². The van der Waals surface area contributed by atoms with Crippen molar-refractivity contribution in [1.82, 2.24) is 9.80 Å². The zero-order valence-electron chi connectivity index (χ0n) is 32.8. The maximum Gasteiger partial charge on any atom is 0.466 e. The minimum Gasteiger partial charge on any atom is -0.453 e. The van der Waals surface area contributed by atoms with Gasteiger partial charge in [0.2, 0.25) is 23.6 Å². The molecule has 0 spiro atoms. The minimum absolute atomic E-state index is 0.194. The molecular weight excluding hydrogens is 721 g/mol. The lowest BCUT2D eigenvalue weighted by Gasteiger charge is -2.44. The molecule has 2 saturated heterocycles. The van der Waals surface area contributed by atoms with Gasteiger partial charge in [-0.1, -0.05) is 25.5 Å². The molecule has 280 valence electrons. The maximum atomic E-state index is 13.5. The first-order chi connectivity index (χ1) is 22.3. The largest absolute Gasteiger partial charge is 0.466 e. The first-order valence-corrected chi connectivity index (χ1v) is 36.1. The van der Waals surface area contributed by atoms with Crippen LogP contribution in [0.15, 0.2) is 12.3 Å². The zero-order chi connectivity index (χ0) is 37.4. The van der Waals surface area contributed by atoms with Crippen molar-refractivity contribution in [3.63, 3.8) is 0 Å². The fourth-order valence-electron chi connectivity index (χ4n) is 8.02. The maximum absolute atomic E-state index is 13.5. The molecule has 0 aromatic heterocycles. The van der Waals surface area contributed by atoms with E-state index in [-0.39, 0.29) is 36.5 Å². The molecule has 5 unspecified atom stereocenters. The van der Waals surface area contributed by atoms with Crippen LogP contribution in [-0.4, -0.2) is 97.4 Å². The predicted octanol–water partition coefficient (Wildman–Crippen LogP) is 7.19. The number of amides is 4. The van der Waals surface area contributed by atoms with E-state index >= 15 is 0 Å². The second-order valence-electron chi connectivity index (χ2n) is 17.8. The number of nitrogens with zero attached hydrogens (tertiary/aromatic N) is 2. The van der Waals surface area contributed by atoms with Crippen LogP contribution in [0.4, 0.5) is 0 Å². The fourth-order valence-corrected chi connectivity index (χ4v) is 36.4. The van der Waals surface area contributed by atoms with Gasteiger partial charge in [-0.3, -0.25) is 29.0 Å². The highest BCUT2D eigenvalue weighted by Gasteiger charge is 2.59. The lowest BCUT2D eigenvalue weighted by molar-refractivity contribution is -0.140. The Kier molecular flexibility index (Phi) is 13.6. The molecule has 4 amide bonds. The van der Waals surface area contributed by atoms with Gasteiger partial charge in [-0.2, -0.15) is 0 Å². The van der Waals surface area contributed by atoms with Crippen LogP contribution in [0.25, 0.3) is 0 Å². The van der Waals surface area contributed by atoms with Crippen molar-refractivity contribution >= 4 is 74.0 Å². The summed E-state index contributed by atoms with van der Waals surface area (Å²) in [4.78, 5) is 54.8. The third kappa shape index (κ3) is 11.1. The van der Waals surface area contributed by atoms with E-state index in [2.05, 4.69) is 85.5 Å². The Morgan fingerprint density at radius 1 is 0.612 bits per heavy atom. The molecule has 2 heterocycles. The van der Waals surface area contributed by atoms with Gasteiger partial charge in [0.1, 0.15) is 0 Å². The third-order valence-corrected chi connectivity index (χ3v) is 33.4. The molecule has 10 nitrogen and oxygen atoms in total. The lowest BCUT2D eigenvalue weighted by atomic mass is 9.70. The second kappa shape index (κ2) is 15.6. The molecule has 0 N–H and O–H groups in total.